The van der Waals surface area contributed by atoms with Crippen LogP contribution in [0.25, 0.3) is 0 Å². The molecule has 4 rings (SSSR count). The Morgan fingerprint density at radius 1 is 0.775 bits per heavy atom. The van der Waals surface area contributed by atoms with E-state index in [4.69, 9.17) is 4.74 Å². The van der Waals surface area contributed by atoms with E-state index in [0.29, 0.717) is 17.1 Å². The molecule has 0 aliphatic heterocycles. The highest BCUT2D eigenvalue weighted by molar-refractivity contribution is 7.93. The SMILES string of the molecule is COc1ccc(C)cc1NS(=O)(=O)c1ccc(NC(=O)c2ccccc2N(C)S(=O)(=O)c2ccc(C)cc2)cc1. The molecule has 0 heterocycles. The van der Waals surface area contributed by atoms with E-state index in [-0.39, 0.29) is 21.0 Å². The summed E-state index contributed by atoms with van der Waals surface area (Å²) in [5.41, 5.74) is 2.74. The molecule has 4 aromatic carbocycles. The van der Waals surface area contributed by atoms with Gasteiger partial charge in [-0.25, -0.2) is 16.8 Å². The Hall–Kier alpha value is -4.35. The number of hydrogen-bond donors (Lipinski definition) is 2. The Balaban J connectivity index is 1.54. The van der Waals surface area contributed by atoms with Crippen LogP contribution in [0, 0.1) is 13.8 Å². The minimum absolute atomic E-state index is 0.0154. The molecule has 1 amide bonds. The molecule has 2 N–H and O–H groups in total. The highest BCUT2D eigenvalue weighted by Gasteiger charge is 2.25. The van der Waals surface area contributed by atoms with Gasteiger partial charge in [0.15, 0.2) is 0 Å². The second kappa shape index (κ2) is 11.4. The van der Waals surface area contributed by atoms with E-state index in [0.717, 1.165) is 15.4 Å². The molecule has 11 heteroatoms. The number of carbonyl (C=O) groups is 1. The number of nitrogens with zero attached hydrogens (tertiary/aromatic N) is 1. The predicted molar refractivity (Wildman–Crippen MR) is 156 cm³/mol. The van der Waals surface area contributed by atoms with Crippen LogP contribution in [0.4, 0.5) is 17.1 Å². The zero-order valence-electron chi connectivity index (χ0n) is 22.4. The first-order valence-corrected chi connectivity index (χ1v) is 15.1. The Morgan fingerprint density at radius 2 is 1.38 bits per heavy atom. The van der Waals surface area contributed by atoms with Crippen LogP contribution in [-0.2, 0) is 20.0 Å². The molecule has 4 aromatic rings. The molecule has 40 heavy (non-hydrogen) atoms. The average molecular weight is 580 g/mol. The Labute approximate surface area is 234 Å². The van der Waals surface area contributed by atoms with Crippen molar-refractivity contribution in [2.24, 2.45) is 0 Å². The van der Waals surface area contributed by atoms with Crippen molar-refractivity contribution in [3.05, 3.63) is 108 Å². The van der Waals surface area contributed by atoms with Gasteiger partial charge in [0.25, 0.3) is 26.0 Å². The number of ether oxygens (including phenoxy) is 1. The van der Waals surface area contributed by atoms with E-state index in [1.165, 1.54) is 56.6 Å². The van der Waals surface area contributed by atoms with Crippen molar-refractivity contribution in [3.8, 4) is 5.75 Å². The van der Waals surface area contributed by atoms with Gasteiger partial charge in [0.05, 0.1) is 33.8 Å². The zero-order valence-corrected chi connectivity index (χ0v) is 24.0. The van der Waals surface area contributed by atoms with Crippen LogP contribution in [0.2, 0.25) is 0 Å². The summed E-state index contributed by atoms with van der Waals surface area (Å²) >= 11 is 0. The summed E-state index contributed by atoms with van der Waals surface area (Å²) in [6.45, 7) is 3.70. The van der Waals surface area contributed by atoms with Crippen molar-refractivity contribution in [2.75, 3.05) is 28.5 Å². The zero-order chi connectivity index (χ0) is 29.1. The lowest BCUT2D eigenvalue weighted by Crippen LogP contribution is -2.29. The lowest BCUT2D eigenvalue weighted by Gasteiger charge is -2.22. The van der Waals surface area contributed by atoms with Crippen molar-refractivity contribution in [1.82, 2.24) is 0 Å². The fourth-order valence-electron chi connectivity index (χ4n) is 3.96. The smallest absolute Gasteiger partial charge is 0.264 e. The molecule has 0 spiro atoms. The van der Waals surface area contributed by atoms with Gasteiger partial charge >= 0.3 is 0 Å². The maximum absolute atomic E-state index is 13.2. The first-order valence-electron chi connectivity index (χ1n) is 12.2. The van der Waals surface area contributed by atoms with Gasteiger partial charge in [-0.2, -0.15) is 0 Å². The number of anilines is 3. The van der Waals surface area contributed by atoms with Crippen LogP contribution < -0.4 is 19.1 Å². The molecule has 0 saturated carbocycles. The summed E-state index contributed by atoms with van der Waals surface area (Å²) < 4.78 is 61.2. The van der Waals surface area contributed by atoms with Crippen LogP contribution in [0.15, 0.2) is 101 Å². The van der Waals surface area contributed by atoms with E-state index >= 15 is 0 Å². The van der Waals surface area contributed by atoms with Gasteiger partial charge in [0.2, 0.25) is 0 Å². The van der Waals surface area contributed by atoms with Crippen LogP contribution in [0.1, 0.15) is 21.5 Å². The number of benzene rings is 4. The van der Waals surface area contributed by atoms with Gasteiger partial charge in [-0.15, -0.1) is 0 Å². The molecule has 9 nitrogen and oxygen atoms in total. The second-order valence-corrected chi connectivity index (χ2v) is 12.7. The molecule has 0 aromatic heterocycles. The number of hydrogen-bond acceptors (Lipinski definition) is 6. The van der Waals surface area contributed by atoms with Gasteiger partial charge in [-0.1, -0.05) is 35.9 Å². The Kier molecular flexibility index (Phi) is 8.17. The molecule has 0 radical (unpaired) electrons. The number of aryl methyl sites for hydroxylation is 2. The van der Waals surface area contributed by atoms with E-state index < -0.39 is 26.0 Å². The number of para-hydroxylation sites is 1. The molecule has 0 aliphatic rings. The number of rotatable bonds is 9. The highest BCUT2D eigenvalue weighted by atomic mass is 32.2. The standard InChI is InChI=1S/C29H29N3O6S2/c1-20-9-14-24(15-10-20)40(36,37)32(3)27-8-6-5-7-25(27)29(33)30-22-12-16-23(17-13-22)39(34,35)31-26-19-21(2)11-18-28(26)38-4/h5-19,31H,1-4H3,(H,30,33). The summed E-state index contributed by atoms with van der Waals surface area (Å²) in [6, 6.07) is 23.6. The van der Waals surface area contributed by atoms with Crippen molar-refractivity contribution in [3.63, 3.8) is 0 Å². The van der Waals surface area contributed by atoms with Crippen LogP contribution >= 0.6 is 0 Å². The molecule has 0 saturated heterocycles. The Bertz CT molecular complexity index is 1750. The summed E-state index contributed by atoms with van der Waals surface area (Å²) in [4.78, 5) is 13.3. The third-order valence-corrected chi connectivity index (χ3v) is 9.36. The van der Waals surface area contributed by atoms with Crippen molar-refractivity contribution >= 4 is 43.0 Å². The number of carbonyl (C=O) groups excluding carboxylic acids is 1. The first-order chi connectivity index (χ1) is 18.9. The fraction of sp³-hybridized carbons (Fsp3) is 0.138. The van der Waals surface area contributed by atoms with E-state index in [1.807, 2.05) is 19.9 Å². The van der Waals surface area contributed by atoms with Crippen molar-refractivity contribution < 1.29 is 26.4 Å². The molecule has 0 aliphatic carbocycles. The molecule has 0 bridgehead atoms. The quantitative estimate of drug-likeness (QED) is 0.281. The molecule has 0 fully saturated rings. The van der Waals surface area contributed by atoms with Gasteiger partial charge < -0.3 is 10.1 Å². The Morgan fingerprint density at radius 3 is 2.02 bits per heavy atom. The van der Waals surface area contributed by atoms with Crippen molar-refractivity contribution in [1.29, 1.82) is 0 Å². The maximum Gasteiger partial charge on any atom is 0.264 e. The third-order valence-electron chi connectivity index (χ3n) is 6.19. The molecule has 208 valence electrons. The highest BCUT2D eigenvalue weighted by Crippen LogP contribution is 2.29. The number of amides is 1. The molecular formula is C29H29N3O6S2. The van der Waals surface area contributed by atoms with E-state index in [1.54, 1.807) is 42.5 Å². The topological polar surface area (TPSA) is 122 Å². The normalized spacial score (nSPS) is 11.5. The average Bonchev–Trinajstić information content (AvgIpc) is 2.93. The van der Waals surface area contributed by atoms with Gasteiger partial charge in [-0.05, 0) is 80.1 Å². The monoisotopic (exact) mass is 579 g/mol. The molecular weight excluding hydrogens is 550 g/mol. The molecule has 0 unspecified atom stereocenters. The van der Waals surface area contributed by atoms with Crippen LogP contribution in [0.3, 0.4) is 0 Å². The van der Waals surface area contributed by atoms with Crippen LogP contribution in [-0.4, -0.2) is 36.9 Å². The second-order valence-electron chi connectivity index (χ2n) is 9.09. The van der Waals surface area contributed by atoms with Gasteiger partial charge in [0, 0.05) is 12.7 Å². The maximum atomic E-state index is 13.2. The predicted octanol–water partition coefficient (Wildman–Crippen LogP) is 5.19. The summed E-state index contributed by atoms with van der Waals surface area (Å²) in [5, 5.41) is 2.71. The van der Waals surface area contributed by atoms with Gasteiger partial charge in [-0.3, -0.25) is 13.8 Å². The van der Waals surface area contributed by atoms with E-state index in [2.05, 4.69) is 10.0 Å². The van der Waals surface area contributed by atoms with Gasteiger partial charge in [0.1, 0.15) is 5.75 Å². The van der Waals surface area contributed by atoms with Crippen molar-refractivity contribution in [2.45, 2.75) is 23.6 Å². The third kappa shape index (κ3) is 6.11. The minimum atomic E-state index is -3.94. The largest absolute Gasteiger partial charge is 0.495 e. The number of nitrogens with one attached hydrogen (secondary N) is 2. The summed E-state index contributed by atoms with van der Waals surface area (Å²) in [7, 11) is -5.02. The molecule has 0 atom stereocenters. The first kappa shape index (κ1) is 28.7. The minimum Gasteiger partial charge on any atom is -0.495 e. The summed E-state index contributed by atoms with van der Waals surface area (Å²) in [6.07, 6.45) is 0. The lowest BCUT2D eigenvalue weighted by atomic mass is 10.1. The number of methoxy groups -OCH3 is 1. The van der Waals surface area contributed by atoms with E-state index in [9.17, 15) is 21.6 Å². The van der Waals surface area contributed by atoms with Crippen LogP contribution in [0.5, 0.6) is 5.75 Å². The summed E-state index contributed by atoms with van der Waals surface area (Å²) in [5.74, 6) is -0.175. The fourth-order valence-corrected chi connectivity index (χ4v) is 6.23. The lowest BCUT2D eigenvalue weighted by molar-refractivity contribution is 0.102. The number of sulfonamides is 2.